The molecule has 0 saturated carbocycles. The molecule has 15 heavy (non-hydrogen) atoms. The van der Waals surface area contributed by atoms with Crippen LogP contribution >= 0.6 is 0 Å². The van der Waals surface area contributed by atoms with Crippen molar-refractivity contribution in [1.82, 2.24) is 5.32 Å². The summed E-state index contributed by atoms with van der Waals surface area (Å²) in [7, 11) is 0. The van der Waals surface area contributed by atoms with Gasteiger partial charge >= 0.3 is 5.97 Å². The fourth-order valence-electron chi connectivity index (χ4n) is 2.66. The Morgan fingerprint density at radius 1 is 1.33 bits per heavy atom. The van der Waals surface area contributed by atoms with Gasteiger partial charge in [-0.05, 0) is 38.8 Å². The molecule has 0 radical (unpaired) electrons. The standard InChI is InChI=1S/C11H21NO3/c1-3-11(15,4-2)10(9(13)14)5-7-12-8-6-10/h12,15H,3-8H2,1-2H3,(H,13,14). The lowest BCUT2D eigenvalue weighted by molar-refractivity contribution is -0.175. The highest BCUT2D eigenvalue weighted by Crippen LogP contribution is 2.44. The van der Waals surface area contributed by atoms with Gasteiger partial charge in [0.2, 0.25) is 0 Å². The number of hydrogen-bond acceptors (Lipinski definition) is 3. The smallest absolute Gasteiger partial charge is 0.312 e. The van der Waals surface area contributed by atoms with E-state index >= 15 is 0 Å². The maximum atomic E-state index is 11.5. The Balaban J connectivity index is 3.03. The molecule has 0 aromatic carbocycles. The molecule has 4 nitrogen and oxygen atoms in total. The second-order valence-corrected chi connectivity index (χ2v) is 4.38. The van der Waals surface area contributed by atoms with Gasteiger partial charge in [0, 0.05) is 0 Å². The van der Waals surface area contributed by atoms with E-state index in [2.05, 4.69) is 5.32 Å². The number of rotatable bonds is 4. The van der Waals surface area contributed by atoms with Crippen LogP contribution in [0, 0.1) is 5.41 Å². The Labute approximate surface area is 90.7 Å². The SMILES string of the molecule is CCC(O)(CC)C1(C(=O)O)CCNCC1. The average molecular weight is 215 g/mol. The summed E-state index contributed by atoms with van der Waals surface area (Å²) in [5.74, 6) is -0.852. The first-order valence-corrected chi connectivity index (χ1v) is 5.69. The molecule has 0 spiro atoms. The predicted molar refractivity (Wildman–Crippen MR) is 57.7 cm³/mol. The third-order valence-electron chi connectivity index (χ3n) is 3.93. The van der Waals surface area contributed by atoms with E-state index in [9.17, 15) is 15.0 Å². The van der Waals surface area contributed by atoms with Crippen molar-refractivity contribution < 1.29 is 15.0 Å². The Hall–Kier alpha value is -0.610. The first kappa shape index (κ1) is 12.5. The number of aliphatic carboxylic acids is 1. The lowest BCUT2D eigenvalue weighted by Gasteiger charge is -2.46. The van der Waals surface area contributed by atoms with Crippen molar-refractivity contribution in [2.24, 2.45) is 5.41 Å². The van der Waals surface area contributed by atoms with Gasteiger partial charge in [0.25, 0.3) is 0 Å². The summed E-state index contributed by atoms with van der Waals surface area (Å²) in [6.07, 6.45) is 2.02. The first-order chi connectivity index (χ1) is 7.02. The molecule has 0 amide bonds. The highest BCUT2D eigenvalue weighted by molar-refractivity contribution is 5.76. The molecule has 1 fully saturated rings. The van der Waals surface area contributed by atoms with Crippen LogP contribution in [-0.4, -0.2) is 34.9 Å². The third kappa shape index (κ3) is 1.88. The summed E-state index contributed by atoms with van der Waals surface area (Å²) in [5, 5.41) is 23.0. The molecule has 88 valence electrons. The molecule has 0 unspecified atom stereocenters. The molecular weight excluding hydrogens is 194 g/mol. The van der Waals surface area contributed by atoms with Crippen LogP contribution in [0.1, 0.15) is 39.5 Å². The third-order valence-corrected chi connectivity index (χ3v) is 3.93. The highest BCUT2D eigenvalue weighted by atomic mass is 16.4. The minimum atomic E-state index is -1.07. The van der Waals surface area contributed by atoms with E-state index in [1.54, 1.807) is 0 Å². The van der Waals surface area contributed by atoms with E-state index in [1.807, 2.05) is 13.8 Å². The second kappa shape index (κ2) is 4.49. The zero-order valence-electron chi connectivity index (χ0n) is 9.55. The van der Waals surface area contributed by atoms with Gasteiger partial charge in [0.1, 0.15) is 0 Å². The fourth-order valence-corrected chi connectivity index (χ4v) is 2.66. The van der Waals surface area contributed by atoms with E-state index < -0.39 is 17.0 Å². The molecule has 4 heteroatoms. The monoisotopic (exact) mass is 215 g/mol. The number of nitrogens with one attached hydrogen (secondary N) is 1. The number of carboxylic acids is 1. The molecule has 1 heterocycles. The zero-order valence-corrected chi connectivity index (χ0v) is 9.55. The highest BCUT2D eigenvalue weighted by Gasteiger charge is 2.54. The summed E-state index contributed by atoms with van der Waals surface area (Å²) >= 11 is 0. The van der Waals surface area contributed by atoms with Gasteiger partial charge < -0.3 is 15.5 Å². The van der Waals surface area contributed by atoms with Gasteiger partial charge in [0.15, 0.2) is 0 Å². The van der Waals surface area contributed by atoms with E-state index in [0.29, 0.717) is 38.8 Å². The largest absolute Gasteiger partial charge is 0.481 e. The summed E-state index contributed by atoms with van der Waals surface area (Å²) in [6, 6.07) is 0. The number of carbonyl (C=O) groups is 1. The van der Waals surface area contributed by atoms with Crippen LogP contribution in [-0.2, 0) is 4.79 Å². The fraction of sp³-hybridized carbons (Fsp3) is 0.909. The maximum Gasteiger partial charge on any atom is 0.312 e. The molecule has 1 aliphatic heterocycles. The molecule has 3 N–H and O–H groups in total. The minimum Gasteiger partial charge on any atom is -0.481 e. The van der Waals surface area contributed by atoms with Gasteiger partial charge in [0.05, 0.1) is 11.0 Å². The van der Waals surface area contributed by atoms with Crippen LogP contribution in [0.4, 0.5) is 0 Å². The van der Waals surface area contributed by atoms with E-state index in [1.165, 1.54) is 0 Å². The van der Waals surface area contributed by atoms with Gasteiger partial charge in [-0.1, -0.05) is 13.8 Å². The zero-order chi connectivity index (χ0) is 11.5. The van der Waals surface area contributed by atoms with Crippen molar-refractivity contribution in [2.45, 2.75) is 45.1 Å². The van der Waals surface area contributed by atoms with Crippen molar-refractivity contribution in [3.8, 4) is 0 Å². The van der Waals surface area contributed by atoms with E-state index in [-0.39, 0.29) is 0 Å². The van der Waals surface area contributed by atoms with Gasteiger partial charge in [-0.3, -0.25) is 4.79 Å². The summed E-state index contributed by atoms with van der Waals surface area (Å²) in [5.41, 5.74) is -2.03. The van der Waals surface area contributed by atoms with Crippen molar-refractivity contribution in [1.29, 1.82) is 0 Å². The topological polar surface area (TPSA) is 69.6 Å². The van der Waals surface area contributed by atoms with E-state index in [0.717, 1.165) is 0 Å². The average Bonchev–Trinajstić information content (AvgIpc) is 2.28. The molecule has 0 aliphatic carbocycles. The molecule has 0 aromatic rings. The van der Waals surface area contributed by atoms with Crippen LogP contribution < -0.4 is 5.32 Å². The number of piperidine rings is 1. The van der Waals surface area contributed by atoms with Crippen molar-refractivity contribution in [3.63, 3.8) is 0 Å². The molecule has 1 rings (SSSR count). The first-order valence-electron chi connectivity index (χ1n) is 5.69. The molecule has 0 bridgehead atoms. The second-order valence-electron chi connectivity index (χ2n) is 4.38. The van der Waals surface area contributed by atoms with Crippen LogP contribution in [0.15, 0.2) is 0 Å². The molecular formula is C11H21NO3. The summed E-state index contributed by atoms with van der Waals surface area (Å²) in [4.78, 5) is 11.5. The Kier molecular flexibility index (Phi) is 3.73. The number of hydrogen-bond donors (Lipinski definition) is 3. The van der Waals surface area contributed by atoms with Gasteiger partial charge in [-0.15, -0.1) is 0 Å². The maximum absolute atomic E-state index is 11.5. The Morgan fingerprint density at radius 2 is 1.80 bits per heavy atom. The van der Waals surface area contributed by atoms with Gasteiger partial charge in [-0.25, -0.2) is 0 Å². The van der Waals surface area contributed by atoms with Crippen molar-refractivity contribution >= 4 is 5.97 Å². The lowest BCUT2D eigenvalue weighted by atomic mass is 9.63. The quantitative estimate of drug-likeness (QED) is 0.654. The summed E-state index contributed by atoms with van der Waals surface area (Å²) in [6.45, 7) is 5.07. The van der Waals surface area contributed by atoms with Crippen LogP contribution in [0.5, 0.6) is 0 Å². The Bertz CT molecular complexity index is 230. The normalized spacial score (nSPS) is 21.3. The molecule has 1 aliphatic rings. The molecule has 0 aromatic heterocycles. The van der Waals surface area contributed by atoms with Crippen molar-refractivity contribution in [2.75, 3.05) is 13.1 Å². The van der Waals surface area contributed by atoms with Crippen LogP contribution in [0.2, 0.25) is 0 Å². The lowest BCUT2D eigenvalue weighted by Crippen LogP contribution is -2.57. The minimum absolute atomic E-state index is 0.496. The summed E-state index contributed by atoms with van der Waals surface area (Å²) < 4.78 is 0. The predicted octanol–water partition coefficient (Wildman–Crippen LogP) is 0.992. The molecule has 0 atom stereocenters. The Morgan fingerprint density at radius 3 is 2.13 bits per heavy atom. The van der Waals surface area contributed by atoms with Crippen LogP contribution in [0.3, 0.4) is 0 Å². The van der Waals surface area contributed by atoms with Crippen molar-refractivity contribution in [3.05, 3.63) is 0 Å². The van der Waals surface area contributed by atoms with Gasteiger partial charge in [-0.2, -0.15) is 0 Å². The van der Waals surface area contributed by atoms with Crippen LogP contribution in [0.25, 0.3) is 0 Å². The number of aliphatic hydroxyl groups is 1. The number of carboxylic acid groups (broad SMARTS) is 1. The van der Waals surface area contributed by atoms with E-state index in [4.69, 9.17) is 0 Å². The molecule has 1 saturated heterocycles.